The van der Waals surface area contributed by atoms with Crippen LogP contribution < -0.4 is 4.42 Å². The molecule has 22 heavy (non-hydrogen) atoms. The molecular weight excluding hydrogens is 312 g/mol. The number of hydrogen-bond donors (Lipinski definition) is 1. The highest BCUT2D eigenvalue weighted by Crippen LogP contribution is 2.36. The second kappa shape index (κ2) is 6.04. The van der Waals surface area contributed by atoms with E-state index in [4.69, 9.17) is 23.3 Å². The fraction of sp³-hybridized carbons (Fsp3) is 0.0625. The Labute approximate surface area is 130 Å². The molecule has 0 aromatic heterocycles. The summed E-state index contributed by atoms with van der Waals surface area (Å²) < 4.78 is 28.3. The molecule has 6 heteroatoms. The van der Waals surface area contributed by atoms with Crippen molar-refractivity contribution in [1.82, 2.24) is 0 Å². The minimum atomic E-state index is -1.42. The molecule has 112 valence electrons. The Kier molecular flexibility index (Phi) is 4.34. The van der Waals surface area contributed by atoms with Crippen molar-refractivity contribution in [3.05, 3.63) is 58.7 Å². The zero-order valence-electron chi connectivity index (χ0n) is 11.4. The number of halogens is 3. The van der Waals surface area contributed by atoms with Crippen LogP contribution in [0.2, 0.25) is 0 Å². The van der Waals surface area contributed by atoms with Gasteiger partial charge >= 0.3 is 5.97 Å². The van der Waals surface area contributed by atoms with Crippen LogP contribution in [0.4, 0.5) is 20.2 Å². The smallest absolute Gasteiger partial charge is 0.337 e. The van der Waals surface area contributed by atoms with Crippen molar-refractivity contribution >= 4 is 29.1 Å². The Morgan fingerprint density at radius 1 is 1.32 bits per heavy atom. The minimum absolute atomic E-state index is 0.299. The number of aromatic carboxylic acids is 1. The van der Waals surface area contributed by atoms with Gasteiger partial charge in [-0.15, -0.1) is 6.42 Å². The molecule has 0 atom stereocenters. The summed E-state index contributed by atoms with van der Waals surface area (Å²) in [6.07, 6.45) is 5.28. The van der Waals surface area contributed by atoms with E-state index in [1.807, 2.05) is 0 Å². The zero-order chi connectivity index (χ0) is 16.4. The number of anilines is 2. The van der Waals surface area contributed by atoms with Gasteiger partial charge in [-0.3, -0.25) is 0 Å². The third kappa shape index (κ3) is 2.74. The first-order valence-electron chi connectivity index (χ1n) is 6.11. The van der Waals surface area contributed by atoms with Crippen molar-refractivity contribution in [3.63, 3.8) is 0 Å². The van der Waals surface area contributed by atoms with Crippen LogP contribution in [0.3, 0.4) is 0 Å². The van der Waals surface area contributed by atoms with Crippen LogP contribution >= 0.6 is 11.8 Å². The molecule has 1 N–H and O–H groups in total. The molecule has 0 aliphatic carbocycles. The number of rotatable bonds is 3. The Balaban J connectivity index is 2.64. The van der Waals surface area contributed by atoms with Crippen LogP contribution in [0.25, 0.3) is 0 Å². The van der Waals surface area contributed by atoms with Gasteiger partial charge in [0.05, 0.1) is 11.3 Å². The van der Waals surface area contributed by atoms with Crippen molar-refractivity contribution in [2.45, 2.75) is 6.92 Å². The van der Waals surface area contributed by atoms with Gasteiger partial charge in [0.15, 0.2) is 11.6 Å². The van der Waals surface area contributed by atoms with E-state index in [9.17, 15) is 13.6 Å². The summed E-state index contributed by atoms with van der Waals surface area (Å²) >= 11 is 6.07. The van der Waals surface area contributed by atoms with E-state index in [2.05, 4.69) is 5.92 Å². The van der Waals surface area contributed by atoms with E-state index >= 15 is 0 Å². The first-order valence-corrected chi connectivity index (χ1v) is 6.45. The highest BCUT2D eigenvalue weighted by atomic mass is 35.5. The Morgan fingerprint density at radius 3 is 2.55 bits per heavy atom. The van der Waals surface area contributed by atoms with Gasteiger partial charge in [0.2, 0.25) is 0 Å². The van der Waals surface area contributed by atoms with E-state index in [0.717, 1.165) is 16.6 Å². The highest BCUT2D eigenvalue weighted by molar-refractivity contribution is 6.30. The molecular formula is C16H10ClF2NO2. The number of aryl methyl sites for hydroxylation is 1. The second-order valence-electron chi connectivity index (χ2n) is 4.49. The van der Waals surface area contributed by atoms with E-state index in [-0.39, 0.29) is 0 Å². The van der Waals surface area contributed by atoms with Gasteiger partial charge in [-0.1, -0.05) is 5.92 Å². The average Bonchev–Trinajstić information content (AvgIpc) is 2.48. The lowest BCUT2D eigenvalue weighted by Crippen LogP contribution is -2.13. The maximum Gasteiger partial charge on any atom is 0.337 e. The summed E-state index contributed by atoms with van der Waals surface area (Å²) in [6, 6.07) is 6.39. The fourth-order valence-electron chi connectivity index (χ4n) is 1.99. The molecule has 0 bridgehead atoms. The van der Waals surface area contributed by atoms with Crippen LogP contribution in [-0.4, -0.2) is 11.1 Å². The van der Waals surface area contributed by atoms with Crippen LogP contribution in [0.15, 0.2) is 30.3 Å². The van der Waals surface area contributed by atoms with Crippen LogP contribution in [0.1, 0.15) is 21.5 Å². The maximum atomic E-state index is 14.0. The molecule has 2 aromatic carbocycles. The fourth-order valence-corrected chi connectivity index (χ4v) is 2.35. The molecule has 0 heterocycles. The Hall–Kier alpha value is -2.58. The number of benzene rings is 2. The summed E-state index contributed by atoms with van der Waals surface area (Å²) in [7, 11) is 0. The van der Waals surface area contributed by atoms with Gasteiger partial charge in [-0.05, 0) is 42.8 Å². The Bertz CT molecular complexity index is 799. The van der Waals surface area contributed by atoms with E-state index in [1.165, 1.54) is 6.07 Å². The lowest BCUT2D eigenvalue weighted by atomic mass is 10.1. The van der Waals surface area contributed by atoms with E-state index < -0.39 is 28.9 Å². The van der Waals surface area contributed by atoms with Crippen molar-refractivity contribution in [3.8, 4) is 12.3 Å². The summed E-state index contributed by atoms with van der Waals surface area (Å²) in [6.45, 7) is 1.67. The number of nitrogens with zero attached hydrogens (tertiary/aromatic N) is 1. The first-order chi connectivity index (χ1) is 10.4. The third-order valence-corrected chi connectivity index (χ3v) is 3.42. The molecule has 2 rings (SSSR count). The van der Waals surface area contributed by atoms with Gasteiger partial charge < -0.3 is 5.11 Å². The predicted molar refractivity (Wildman–Crippen MR) is 80.4 cm³/mol. The standard InChI is InChI=1S/C16H10ClF2NO2/c1-3-10-4-7-13(9(2)8-10)20(17)15-11(16(21)22)5-6-12(18)14(15)19/h1,4-8H,2H3,(H,21,22). The molecule has 2 aromatic rings. The van der Waals surface area contributed by atoms with E-state index in [1.54, 1.807) is 19.1 Å². The average molecular weight is 322 g/mol. The van der Waals surface area contributed by atoms with Crippen molar-refractivity contribution in [2.24, 2.45) is 0 Å². The van der Waals surface area contributed by atoms with Gasteiger partial charge in [0.1, 0.15) is 5.69 Å². The number of carboxylic acids is 1. The third-order valence-electron chi connectivity index (χ3n) is 3.07. The van der Waals surface area contributed by atoms with Gasteiger partial charge in [-0.2, -0.15) is 0 Å². The van der Waals surface area contributed by atoms with Crippen LogP contribution in [0.5, 0.6) is 0 Å². The monoisotopic (exact) mass is 321 g/mol. The minimum Gasteiger partial charge on any atom is -0.478 e. The van der Waals surface area contributed by atoms with Crippen molar-refractivity contribution < 1.29 is 18.7 Å². The summed E-state index contributed by atoms with van der Waals surface area (Å²) in [5.41, 5.74) is 0.461. The van der Waals surface area contributed by atoms with Gasteiger partial charge in [0, 0.05) is 17.3 Å². The lowest BCUT2D eigenvalue weighted by Gasteiger charge is -2.21. The lowest BCUT2D eigenvalue weighted by molar-refractivity contribution is 0.0697. The topological polar surface area (TPSA) is 40.5 Å². The van der Waals surface area contributed by atoms with Crippen molar-refractivity contribution in [2.75, 3.05) is 4.42 Å². The number of carbonyl (C=O) groups is 1. The molecule has 0 spiro atoms. The number of carboxylic acid groups (broad SMARTS) is 1. The van der Waals surface area contributed by atoms with Crippen LogP contribution in [0, 0.1) is 30.9 Å². The summed E-state index contributed by atoms with van der Waals surface area (Å²) in [4.78, 5) is 11.2. The van der Waals surface area contributed by atoms with Gasteiger partial charge in [0.25, 0.3) is 0 Å². The first kappa shape index (κ1) is 15.8. The zero-order valence-corrected chi connectivity index (χ0v) is 12.2. The van der Waals surface area contributed by atoms with Crippen LogP contribution in [-0.2, 0) is 0 Å². The molecule has 0 saturated carbocycles. The maximum absolute atomic E-state index is 14.0. The predicted octanol–water partition coefficient (Wildman–Crippen LogP) is 4.24. The largest absolute Gasteiger partial charge is 0.478 e. The van der Waals surface area contributed by atoms with Gasteiger partial charge in [-0.25, -0.2) is 18.0 Å². The van der Waals surface area contributed by atoms with Crippen molar-refractivity contribution in [1.29, 1.82) is 0 Å². The molecule has 0 saturated heterocycles. The molecule has 0 aliphatic rings. The van der Waals surface area contributed by atoms with E-state index in [0.29, 0.717) is 16.8 Å². The Morgan fingerprint density at radius 2 is 2.00 bits per heavy atom. The molecule has 0 radical (unpaired) electrons. The number of hydrogen-bond acceptors (Lipinski definition) is 2. The normalized spacial score (nSPS) is 10.1. The summed E-state index contributed by atoms with van der Waals surface area (Å²) in [5.74, 6) is -1.51. The molecule has 0 unspecified atom stereocenters. The number of terminal acetylenes is 1. The molecule has 0 fully saturated rings. The molecule has 3 nitrogen and oxygen atoms in total. The second-order valence-corrected chi connectivity index (χ2v) is 4.83. The SMILES string of the molecule is C#Cc1ccc(N(Cl)c2c(C(=O)O)ccc(F)c2F)c(C)c1. The summed E-state index contributed by atoms with van der Waals surface area (Å²) in [5, 5.41) is 9.13. The molecule has 0 aliphatic heterocycles. The molecule has 0 amide bonds. The quantitative estimate of drug-likeness (QED) is 0.679. The highest BCUT2D eigenvalue weighted by Gasteiger charge is 2.24.